The molecule has 0 amide bonds. The second-order valence-corrected chi connectivity index (χ2v) is 6.95. The Morgan fingerprint density at radius 3 is 1.97 bits per heavy atom. The van der Waals surface area contributed by atoms with E-state index < -0.39 is 24.0 Å². The molecule has 3 N–H and O–H groups in total. The second kappa shape index (κ2) is 13.5. The molecule has 2 atom stereocenters. The third-order valence-corrected chi connectivity index (χ3v) is 4.62. The van der Waals surface area contributed by atoms with Gasteiger partial charge in [-0.25, -0.2) is 0 Å². The molecule has 31 heavy (non-hydrogen) atoms. The number of nitrogens with zero attached hydrogens (tertiary/aromatic N) is 1. The van der Waals surface area contributed by atoms with E-state index in [4.69, 9.17) is 15.2 Å². The van der Waals surface area contributed by atoms with E-state index in [-0.39, 0.29) is 26.4 Å². The summed E-state index contributed by atoms with van der Waals surface area (Å²) in [6.45, 7) is 0.579. The average molecular weight is 431 g/mol. The van der Waals surface area contributed by atoms with Crippen molar-refractivity contribution in [3.05, 3.63) is 71.8 Å². The van der Waals surface area contributed by atoms with Crippen molar-refractivity contribution in [3.8, 4) is 0 Å². The number of ether oxygens (including phenoxy) is 3. The van der Waals surface area contributed by atoms with E-state index in [0.29, 0.717) is 13.1 Å². The van der Waals surface area contributed by atoms with E-state index in [1.54, 1.807) is 0 Å². The number of carbonyl (C=O) groups excluding carboxylic acids is 2. The molecule has 0 saturated carbocycles. The summed E-state index contributed by atoms with van der Waals surface area (Å²) in [5.41, 5.74) is 7.62. The van der Waals surface area contributed by atoms with Crippen molar-refractivity contribution in [3.63, 3.8) is 0 Å². The van der Waals surface area contributed by atoms with E-state index in [2.05, 4.69) is 4.74 Å². The lowest BCUT2D eigenvalue weighted by Gasteiger charge is -2.29. The first kappa shape index (κ1) is 24.5. The molecule has 0 aliphatic carbocycles. The molecule has 2 aromatic carbocycles. The Balaban J connectivity index is 1.94. The van der Waals surface area contributed by atoms with Crippen LogP contribution in [0.2, 0.25) is 0 Å². The van der Waals surface area contributed by atoms with Crippen LogP contribution in [0.15, 0.2) is 60.7 Å². The quantitative estimate of drug-likeness (QED) is 0.359. The molecule has 0 aliphatic rings. The standard InChI is InChI=1S/C23H30N2O6/c1-29-22(27)20(24)17-30-12-13-31-23(28)21(16-26)25(14-18-8-4-2-5-9-18)15-19-10-6-3-7-11-19/h2-11,20-21,26H,12-17,24H2,1H3/t20-,21-/m1/s1. The Bertz CT molecular complexity index is 746. The van der Waals surface area contributed by atoms with Gasteiger partial charge >= 0.3 is 11.9 Å². The molecule has 0 fully saturated rings. The number of aliphatic hydroxyl groups excluding tert-OH is 1. The molecule has 0 spiro atoms. The molecule has 168 valence electrons. The Morgan fingerprint density at radius 1 is 0.935 bits per heavy atom. The number of carbonyl (C=O) groups is 2. The number of methoxy groups -OCH3 is 1. The highest BCUT2D eigenvalue weighted by molar-refractivity contribution is 5.76. The molecule has 8 heteroatoms. The number of aliphatic hydroxyl groups is 1. The van der Waals surface area contributed by atoms with Crippen molar-refractivity contribution >= 4 is 11.9 Å². The van der Waals surface area contributed by atoms with Gasteiger partial charge in [0.25, 0.3) is 0 Å². The monoisotopic (exact) mass is 430 g/mol. The highest BCUT2D eigenvalue weighted by Gasteiger charge is 2.27. The van der Waals surface area contributed by atoms with Crippen molar-refractivity contribution in [1.82, 2.24) is 4.90 Å². The van der Waals surface area contributed by atoms with Crippen molar-refractivity contribution in [2.24, 2.45) is 5.73 Å². The Morgan fingerprint density at radius 2 is 1.48 bits per heavy atom. The summed E-state index contributed by atoms with van der Waals surface area (Å²) in [6, 6.07) is 17.7. The van der Waals surface area contributed by atoms with Crippen molar-refractivity contribution in [2.75, 3.05) is 33.5 Å². The Hall–Kier alpha value is -2.78. The van der Waals surface area contributed by atoms with E-state index in [9.17, 15) is 14.7 Å². The number of rotatable bonds is 13. The first-order valence-electron chi connectivity index (χ1n) is 10.1. The normalized spacial score (nSPS) is 12.9. The van der Waals surface area contributed by atoms with E-state index in [1.807, 2.05) is 65.6 Å². The summed E-state index contributed by atoms with van der Waals surface area (Å²) < 4.78 is 15.1. The lowest BCUT2D eigenvalue weighted by Crippen LogP contribution is -2.44. The second-order valence-electron chi connectivity index (χ2n) is 6.95. The third kappa shape index (κ3) is 8.47. The van der Waals surface area contributed by atoms with Gasteiger partial charge in [0.05, 0.1) is 26.9 Å². The van der Waals surface area contributed by atoms with E-state index in [0.717, 1.165) is 11.1 Å². The van der Waals surface area contributed by atoms with Crippen LogP contribution in [0, 0.1) is 0 Å². The maximum absolute atomic E-state index is 12.7. The maximum Gasteiger partial charge on any atom is 0.325 e. The predicted molar refractivity (Wildman–Crippen MR) is 115 cm³/mol. The van der Waals surface area contributed by atoms with Crippen LogP contribution in [-0.2, 0) is 36.9 Å². The summed E-state index contributed by atoms with van der Waals surface area (Å²) >= 11 is 0. The first-order valence-corrected chi connectivity index (χ1v) is 10.1. The minimum absolute atomic E-state index is 0.0201. The molecule has 0 heterocycles. The fraction of sp³-hybridized carbons (Fsp3) is 0.391. The van der Waals surface area contributed by atoms with Crippen molar-refractivity contribution < 1.29 is 28.9 Å². The van der Waals surface area contributed by atoms with Gasteiger partial charge in [-0.2, -0.15) is 0 Å². The van der Waals surface area contributed by atoms with Crippen molar-refractivity contribution in [1.29, 1.82) is 0 Å². The Kier molecular flexibility index (Phi) is 10.7. The van der Waals surface area contributed by atoms with Gasteiger partial charge in [0, 0.05) is 13.1 Å². The van der Waals surface area contributed by atoms with Gasteiger partial charge in [-0.15, -0.1) is 0 Å². The molecule has 8 nitrogen and oxygen atoms in total. The fourth-order valence-electron chi connectivity index (χ4n) is 2.98. The average Bonchev–Trinajstić information content (AvgIpc) is 2.80. The van der Waals surface area contributed by atoms with Crippen LogP contribution in [0.4, 0.5) is 0 Å². The smallest absolute Gasteiger partial charge is 0.325 e. The van der Waals surface area contributed by atoms with Gasteiger partial charge in [0.1, 0.15) is 18.7 Å². The molecule has 0 unspecified atom stereocenters. The molecule has 0 bridgehead atoms. The summed E-state index contributed by atoms with van der Waals surface area (Å²) in [6.07, 6.45) is 0. The molecule has 0 aliphatic heterocycles. The zero-order valence-electron chi connectivity index (χ0n) is 17.7. The zero-order chi connectivity index (χ0) is 22.5. The SMILES string of the molecule is COC(=O)[C@H](N)COCCOC(=O)[C@@H](CO)N(Cc1ccccc1)Cc1ccccc1. The van der Waals surface area contributed by atoms with Gasteiger partial charge in [0.2, 0.25) is 0 Å². The molecular formula is C23H30N2O6. The minimum Gasteiger partial charge on any atom is -0.468 e. The third-order valence-electron chi connectivity index (χ3n) is 4.62. The summed E-state index contributed by atoms with van der Waals surface area (Å²) in [5, 5.41) is 9.94. The largest absolute Gasteiger partial charge is 0.468 e. The van der Waals surface area contributed by atoms with Gasteiger partial charge in [-0.1, -0.05) is 60.7 Å². The van der Waals surface area contributed by atoms with Crippen LogP contribution in [0.3, 0.4) is 0 Å². The van der Waals surface area contributed by atoms with Crippen LogP contribution in [0.1, 0.15) is 11.1 Å². The van der Waals surface area contributed by atoms with Crippen LogP contribution in [0.25, 0.3) is 0 Å². The highest BCUT2D eigenvalue weighted by Crippen LogP contribution is 2.14. The molecule has 2 rings (SSSR count). The van der Waals surface area contributed by atoms with Crippen molar-refractivity contribution in [2.45, 2.75) is 25.2 Å². The number of benzene rings is 2. The molecule has 0 radical (unpaired) electrons. The molecule has 0 aromatic heterocycles. The fourth-order valence-corrected chi connectivity index (χ4v) is 2.98. The van der Waals surface area contributed by atoms with Crippen LogP contribution < -0.4 is 5.73 Å². The number of hydrogen-bond acceptors (Lipinski definition) is 8. The molecule has 2 aromatic rings. The lowest BCUT2D eigenvalue weighted by atomic mass is 10.1. The maximum atomic E-state index is 12.7. The van der Waals surface area contributed by atoms with Gasteiger partial charge < -0.3 is 25.1 Å². The summed E-state index contributed by atoms with van der Waals surface area (Å²) in [5.74, 6) is -1.12. The van der Waals surface area contributed by atoms with E-state index >= 15 is 0 Å². The van der Waals surface area contributed by atoms with Gasteiger partial charge in [-0.05, 0) is 11.1 Å². The Labute approximate surface area is 182 Å². The first-order chi connectivity index (χ1) is 15.0. The molecule has 0 saturated heterocycles. The summed E-state index contributed by atoms with van der Waals surface area (Å²) in [7, 11) is 1.25. The van der Waals surface area contributed by atoms with Crippen LogP contribution >= 0.6 is 0 Å². The van der Waals surface area contributed by atoms with E-state index in [1.165, 1.54) is 7.11 Å². The lowest BCUT2D eigenvalue weighted by molar-refractivity contribution is -0.154. The topological polar surface area (TPSA) is 111 Å². The van der Waals surface area contributed by atoms with Gasteiger partial charge in [-0.3, -0.25) is 14.5 Å². The van der Waals surface area contributed by atoms with Gasteiger partial charge in [0.15, 0.2) is 0 Å². The number of hydrogen-bond donors (Lipinski definition) is 2. The van der Waals surface area contributed by atoms with Crippen LogP contribution in [-0.4, -0.2) is 67.6 Å². The zero-order valence-corrected chi connectivity index (χ0v) is 17.7. The number of nitrogens with two attached hydrogens (primary N) is 1. The predicted octanol–water partition coefficient (Wildman–Crippen LogP) is 1.11. The highest BCUT2D eigenvalue weighted by atomic mass is 16.6. The summed E-state index contributed by atoms with van der Waals surface area (Å²) in [4.78, 5) is 25.8. The van der Waals surface area contributed by atoms with Crippen LogP contribution in [0.5, 0.6) is 0 Å². The molecular weight excluding hydrogens is 400 g/mol. The minimum atomic E-state index is -0.891. The number of esters is 2.